The SMILES string of the molecule is ClCc1c(OCc2ncccn2)ccc2ccccc12. The number of fused-ring (bicyclic) bond motifs is 1. The lowest BCUT2D eigenvalue weighted by Crippen LogP contribution is -2.02. The van der Waals surface area contributed by atoms with Gasteiger partial charge >= 0.3 is 0 Å². The predicted octanol–water partition coefficient (Wildman–Crippen LogP) is 3.95. The van der Waals surface area contributed by atoms with Crippen LogP contribution in [0.25, 0.3) is 10.8 Å². The Hall–Kier alpha value is -2.13. The molecule has 4 heteroatoms. The fraction of sp³-hybridized carbons (Fsp3) is 0.125. The van der Waals surface area contributed by atoms with Crippen LogP contribution in [0.3, 0.4) is 0 Å². The minimum Gasteiger partial charge on any atom is -0.485 e. The van der Waals surface area contributed by atoms with E-state index in [9.17, 15) is 0 Å². The molecule has 0 aliphatic carbocycles. The average molecular weight is 285 g/mol. The quantitative estimate of drug-likeness (QED) is 0.681. The Morgan fingerprint density at radius 2 is 1.75 bits per heavy atom. The van der Waals surface area contributed by atoms with Crippen molar-refractivity contribution in [1.29, 1.82) is 0 Å². The van der Waals surface area contributed by atoms with E-state index < -0.39 is 0 Å². The molecule has 3 rings (SSSR count). The second-order valence-corrected chi connectivity index (χ2v) is 4.62. The first-order valence-corrected chi connectivity index (χ1v) is 6.87. The molecule has 0 radical (unpaired) electrons. The van der Waals surface area contributed by atoms with Gasteiger partial charge in [-0.2, -0.15) is 0 Å². The summed E-state index contributed by atoms with van der Waals surface area (Å²) in [6.45, 7) is 0.336. The van der Waals surface area contributed by atoms with Crippen LogP contribution in [0.15, 0.2) is 54.9 Å². The Kier molecular flexibility index (Phi) is 3.79. The highest BCUT2D eigenvalue weighted by Gasteiger charge is 2.08. The van der Waals surface area contributed by atoms with Crippen LogP contribution < -0.4 is 4.74 Å². The van der Waals surface area contributed by atoms with E-state index in [0.29, 0.717) is 18.3 Å². The molecule has 0 spiro atoms. The normalized spacial score (nSPS) is 10.7. The molecule has 0 N–H and O–H groups in total. The van der Waals surface area contributed by atoms with Crippen LogP contribution in [-0.2, 0) is 12.5 Å². The van der Waals surface area contributed by atoms with Crippen molar-refractivity contribution in [2.24, 2.45) is 0 Å². The van der Waals surface area contributed by atoms with Crippen molar-refractivity contribution in [2.45, 2.75) is 12.5 Å². The van der Waals surface area contributed by atoms with Crippen molar-refractivity contribution >= 4 is 22.4 Å². The molecule has 0 aliphatic heterocycles. The maximum absolute atomic E-state index is 6.08. The summed E-state index contributed by atoms with van der Waals surface area (Å²) < 4.78 is 5.81. The number of ether oxygens (including phenoxy) is 1. The molecule has 0 bridgehead atoms. The number of hydrogen-bond acceptors (Lipinski definition) is 3. The number of hydrogen-bond donors (Lipinski definition) is 0. The summed E-state index contributed by atoms with van der Waals surface area (Å²) in [7, 11) is 0. The molecule has 1 aromatic heterocycles. The van der Waals surface area contributed by atoms with E-state index in [1.54, 1.807) is 18.5 Å². The van der Waals surface area contributed by atoms with Crippen LogP contribution >= 0.6 is 11.6 Å². The monoisotopic (exact) mass is 284 g/mol. The van der Waals surface area contributed by atoms with Crippen LogP contribution in [0.5, 0.6) is 5.75 Å². The molecular weight excluding hydrogens is 272 g/mol. The van der Waals surface area contributed by atoms with Crippen molar-refractivity contribution in [2.75, 3.05) is 0 Å². The summed E-state index contributed by atoms with van der Waals surface area (Å²) in [4.78, 5) is 8.29. The zero-order valence-corrected chi connectivity index (χ0v) is 11.5. The van der Waals surface area contributed by atoms with E-state index in [2.05, 4.69) is 22.1 Å². The van der Waals surface area contributed by atoms with Gasteiger partial charge < -0.3 is 4.74 Å². The second-order valence-electron chi connectivity index (χ2n) is 4.35. The molecule has 0 saturated carbocycles. The number of halogens is 1. The van der Waals surface area contributed by atoms with Gasteiger partial charge in [0.05, 0.1) is 5.88 Å². The van der Waals surface area contributed by atoms with Crippen molar-refractivity contribution in [3.63, 3.8) is 0 Å². The third-order valence-electron chi connectivity index (χ3n) is 3.11. The Morgan fingerprint density at radius 3 is 2.55 bits per heavy atom. The van der Waals surface area contributed by atoms with Crippen molar-refractivity contribution in [3.05, 3.63) is 66.2 Å². The lowest BCUT2D eigenvalue weighted by atomic mass is 10.0. The minimum atomic E-state index is 0.336. The largest absolute Gasteiger partial charge is 0.485 e. The predicted molar refractivity (Wildman–Crippen MR) is 79.9 cm³/mol. The Bertz CT molecular complexity index is 716. The Labute approximate surface area is 122 Å². The van der Waals surface area contributed by atoms with E-state index in [1.807, 2.05) is 24.3 Å². The van der Waals surface area contributed by atoms with Gasteiger partial charge in [-0.1, -0.05) is 30.3 Å². The highest BCUT2D eigenvalue weighted by atomic mass is 35.5. The summed E-state index contributed by atoms with van der Waals surface area (Å²) in [5.74, 6) is 1.85. The lowest BCUT2D eigenvalue weighted by Gasteiger charge is -2.12. The summed E-state index contributed by atoms with van der Waals surface area (Å²) in [6, 6.07) is 13.9. The number of nitrogens with zero attached hydrogens (tertiary/aromatic N) is 2. The average Bonchev–Trinajstić information content (AvgIpc) is 2.53. The number of alkyl halides is 1. The smallest absolute Gasteiger partial charge is 0.166 e. The first kappa shape index (κ1) is 12.9. The molecular formula is C16H13ClN2O. The molecule has 100 valence electrons. The van der Waals surface area contributed by atoms with E-state index in [-0.39, 0.29) is 0 Å². The van der Waals surface area contributed by atoms with Gasteiger partial charge in [-0.3, -0.25) is 0 Å². The highest BCUT2D eigenvalue weighted by Crippen LogP contribution is 2.29. The maximum Gasteiger partial charge on any atom is 0.166 e. The molecule has 3 nitrogen and oxygen atoms in total. The van der Waals surface area contributed by atoms with Gasteiger partial charge in [0.25, 0.3) is 0 Å². The van der Waals surface area contributed by atoms with E-state index in [1.165, 1.54) is 0 Å². The zero-order chi connectivity index (χ0) is 13.8. The van der Waals surface area contributed by atoms with Gasteiger partial charge in [-0.25, -0.2) is 9.97 Å². The van der Waals surface area contributed by atoms with E-state index in [4.69, 9.17) is 16.3 Å². The molecule has 2 aromatic carbocycles. The molecule has 0 saturated heterocycles. The number of aromatic nitrogens is 2. The first-order valence-electron chi connectivity index (χ1n) is 6.34. The van der Waals surface area contributed by atoms with Crippen LogP contribution in [-0.4, -0.2) is 9.97 Å². The molecule has 3 aromatic rings. The van der Waals surface area contributed by atoms with Gasteiger partial charge in [0.15, 0.2) is 5.82 Å². The van der Waals surface area contributed by atoms with Gasteiger partial charge in [0.2, 0.25) is 0 Å². The molecule has 0 unspecified atom stereocenters. The fourth-order valence-corrected chi connectivity index (χ4v) is 2.41. The molecule has 0 atom stereocenters. The van der Waals surface area contributed by atoms with Gasteiger partial charge in [-0.15, -0.1) is 11.6 Å². The van der Waals surface area contributed by atoms with E-state index in [0.717, 1.165) is 22.1 Å². The molecule has 0 aliphatic rings. The van der Waals surface area contributed by atoms with Gasteiger partial charge in [0.1, 0.15) is 12.4 Å². The lowest BCUT2D eigenvalue weighted by molar-refractivity contribution is 0.294. The van der Waals surface area contributed by atoms with Crippen LogP contribution in [0.4, 0.5) is 0 Å². The molecule has 0 amide bonds. The highest BCUT2D eigenvalue weighted by molar-refractivity contribution is 6.18. The van der Waals surface area contributed by atoms with Gasteiger partial charge in [-0.05, 0) is 22.9 Å². The summed E-state index contributed by atoms with van der Waals surface area (Å²) in [5, 5.41) is 2.28. The van der Waals surface area contributed by atoms with Crippen molar-refractivity contribution in [1.82, 2.24) is 9.97 Å². The molecule has 1 heterocycles. The number of benzene rings is 2. The third-order valence-corrected chi connectivity index (χ3v) is 3.37. The maximum atomic E-state index is 6.08. The minimum absolute atomic E-state index is 0.336. The molecule has 0 fully saturated rings. The van der Waals surface area contributed by atoms with Crippen LogP contribution in [0, 0.1) is 0 Å². The van der Waals surface area contributed by atoms with Crippen molar-refractivity contribution < 1.29 is 4.74 Å². The summed E-state index contributed by atoms with van der Waals surface area (Å²) >= 11 is 6.08. The number of rotatable bonds is 4. The standard InChI is InChI=1S/C16H13ClN2O/c17-10-14-13-5-2-1-4-12(13)6-7-15(14)20-11-16-18-8-3-9-19-16/h1-9H,10-11H2. The molecule has 20 heavy (non-hydrogen) atoms. The second kappa shape index (κ2) is 5.88. The fourth-order valence-electron chi connectivity index (χ4n) is 2.14. The van der Waals surface area contributed by atoms with Crippen LogP contribution in [0.2, 0.25) is 0 Å². The Balaban J connectivity index is 1.91. The summed E-state index contributed by atoms with van der Waals surface area (Å²) in [5.41, 5.74) is 1.00. The third kappa shape index (κ3) is 2.58. The van der Waals surface area contributed by atoms with Crippen molar-refractivity contribution in [3.8, 4) is 5.75 Å². The summed E-state index contributed by atoms with van der Waals surface area (Å²) in [6.07, 6.45) is 3.41. The topological polar surface area (TPSA) is 35.0 Å². The first-order chi connectivity index (χ1) is 9.88. The van der Waals surface area contributed by atoms with Gasteiger partial charge in [0, 0.05) is 18.0 Å². The van der Waals surface area contributed by atoms with E-state index >= 15 is 0 Å². The Morgan fingerprint density at radius 1 is 0.950 bits per heavy atom. The van der Waals surface area contributed by atoms with Crippen LogP contribution in [0.1, 0.15) is 11.4 Å². The zero-order valence-electron chi connectivity index (χ0n) is 10.8.